The molecule has 0 aliphatic carbocycles. The molecule has 2 rings (SSSR count). The molecule has 0 aromatic heterocycles. The SMILES string of the molecule is CC(C)C(C)N(C)CC(O)c1ccc2ccccc2c1. The van der Waals surface area contributed by atoms with E-state index in [1.165, 1.54) is 10.8 Å². The third kappa shape index (κ3) is 3.38. The van der Waals surface area contributed by atoms with Crippen molar-refractivity contribution in [3.63, 3.8) is 0 Å². The van der Waals surface area contributed by atoms with Crippen molar-refractivity contribution in [2.45, 2.75) is 32.9 Å². The number of aliphatic hydroxyl groups excluding tert-OH is 1. The molecule has 0 aliphatic rings. The van der Waals surface area contributed by atoms with Crippen LogP contribution in [0.3, 0.4) is 0 Å². The molecule has 2 unspecified atom stereocenters. The van der Waals surface area contributed by atoms with Crippen LogP contribution in [-0.2, 0) is 0 Å². The molecule has 2 atom stereocenters. The van der Waals surface area contributed by atoms with Crippen molar-refractivity contribution in [3.8, 4) is 0 Å². The third-order valence-electron chi connectivity index (χ3n) is 4.28. The molecule has 2 aromatic carbocycles. The van der Waals surface area contributed by atoms with Gasteiger partial charge in [-0.1, -0.05) is 50.2 Å². The number of fused-ring (bicyclic) bond motifs is 1. The lowest BCUT2D eigenvalue weighted by Crippen LogP contribution is -2.36. The molecule has 0 saturated carbocycles. The van der Waals surface area contributed by atoms with Gasteiger partial charge in [0.2, 0.25) is 0 Å². The largest absolute Gasteiger partial charge is 0.387 e. The van der Waals surface area contributed by atoms with Crippen LogP contribution in [0.15, 0.2) is 42.5 Å². The van der Waals surface area contributed by atoms with Gasteiger partial charge in [0.15, 0.2) is 0 Å². The molecule has 0 bridgehead atoms. The van der Waals surface area contributed by atoms with Gasteiger partial charge < -0.3 is 10.0 Å². The molecule has 0 saturated heterocycles. The molecule has 0 fully saturated rings. The molecule has 2 aromatic rings. The van der Waals surface area contributed by atoms with E-state index in [-0.39, 0.29) is 0 Å². The molecule has 0 aliphatic heterocycles. The first-order valence-corrected chi connectivity index (χ1v) is 7.36. The minimum atomic E-state index is -0.439. The van der Waals surface area contributed by atoms with E-state index < -0.39 is 6.10 Å². The van der Waals surface area contributed by atoms with Gasteiger partial charge in [0.05, 0.1) is 6.10 Å². The molecule has 20 heavy (non-hydrogen) atoms. The molecule has 108 valence electrons. The summed E-state index contributed by atoms with van der Waals surface area (Å²) in [6.07, 6.45) is -0.439. The fourth-order valence-corrected chi connectivity index (χ4v) is 2.47. The third-order valence-corrected chi connectivity index (χ3v) is 4.28. The molecule has 0 amide bonds. The summed E-state index contributed by atoms with van der Waals surface area (Å²) in [6.45, 7) is 7.29. The van der Waals surface area contributed by atoms with Crippen molar-refractivity contribution < 1.29 is 5.11 Å². The maximum Gasteiger partial charge on any atom is 0.0917 e. The van der Waals surface area contributed by atoms with E-state index in [0.717, 1.165) is 5.56 Å². The van der Waals surface area contributed by atoms with Gasteiger partial charge in [-0.05, 0) is 42.3 Å². The van der Waals surface area contributed by atoms with Crippen molar-refractivity contribution in [2.24, 2.45) is 5.92 Å². The van der Waals surface area contributed by atoms with E-state index in [1.54, 1.807) is 0 Å². The Hall–Kier alpha value is -1.38. The van der Waals surface area contributed by atoms with Crippen LogP contribution in [0.1, 0.15) is 32.4 Å². The normalized spacial score (nSPS) is 14.9. The topological polar surface area (TPSA) is 23.5 Å². The summed E-state index contributed by atoms with van der Waals surface area (Å²) in [6, 6.07) is 14.9. The first-order chi connectivity index (χ1) is 9.49. The molecule has 2 heteroatoms. The second kappa shape index (κ2) is 6.38. The van der Waals surface area contributed by atoms with Crippen LogP contribution in [0.2, 0.25) is 0 Å². The Balaban J connectivity index is 2.13. The molecular weight excluding hydrogens is 246 g/mol. The van der Waals surface area contributed by atoms with Crippen molar-refractivity contribution in [3.05, 3.63) is 48.0 Å². The van der Waals surface area contributed by atoms with Crippen LogP contribution in [0.5, 0.6) is 0 Å². The van der Waals surface area contributed by atoms with Crippen LogP contribution < -0.4 is 0 Å². The summed E-state index contributed by atoms with van der Waals surface area (Å²) >= 11 is 0. The van der Waals surface area contributed by atoms with Crippen LogP contribution in [0, 0.1) is 5.92 Å². The average Bonchev–Trinajstić information content (AvgIpc) is 2.45. The van der Waals surface area contributed by atoms with E-state index in [0.29, 0.717) is 18.5 Å². The number of hydrogen-bond acceptors (Lipinski definition) is 2. The summed E-state index contributed by atoms with van der Waals surface area (Å²) < 4.78 is 0. The molecule has 0 radical (unpaired) electrons. The Kier molecular flexibility index (Phi) is 4.79. The van der Waals surface area contributed by atoms with E-state index >= 15 is 0 Å². The van der Waals surface area contributed by atoms with E-state index in [2.05, 4.69) is 57.0 Å². The number of hydrogen-bond donors (Lipinski definition) is 1. The minimum Gasteiger partial charge on any atom is -0.387 e. The summed E-state index contributed by atoms with van der Waals surface area (Å²) in [5.41, 5.74) is 0.992. The van der Waals surface area contributed by atoms with Crippen molar-refractivity contribution in [1.82, 2.24) is 4.90 Å². The standard InChI is InChI=1S/C18H25NO/c1-13(2)14(3)19(4)12-18(20)17-10-9-15-7-5-6-8-16(15)11-17/h5-11,13-14,18,20H,12H2,1-4H3. The minimum absolute atomic E-state index is 0.439. The van der Waals surface area contributed by atoms with Gasteiger partial charge in [0.1, 0.15) is 0 Å². The Morgan fingerprint density at radius 3 is 2.30 bits per heavy atom. The Labute approximate surface area is 122 Å². The quantitative estimate of drug-likeness (QED) is 0.893. The number of nitrogens with zero attached hydrogens (tertiary/aromatic N) is 1. The lowest BCUT2D eigenvalue weighted by atomic mass is 10.0. The maximum atomic E-state index is 10.4. The van der Waals surface area contributed by atoms with Gasteiger partial charge >= 0.3 is 0 Å². The predicted octanol–water partition coefficient (Wildman–Crippen LogP) is 3.85. The number of aliphatic hydroxyl groups is 1. The summed E-state index contributed by atoms with van der Waals surface area (Å²) in [4.78, 5) is 2.23. The Bertz CT molecular complexity index is 564. The maximum absolute atomic E-state index is 10.4. The van der Waals surface area contributed by atoms with E-state index in [4.69, 9.17) is 0 Å². The second-order valence-electron chi connectivity index (χ2n) is 6.05. The summed E-state index contributed by atoms with van der Waals surface area (Å²) in [5.74, 6) is 0.587. The highest BCUT2D eigenvalue weighted by atomic mass is 16.3. The fourth-order valence-electron chi connectivity index (χ4n) is 2.47. The van der Waals surface area contributed by atoms with Gasteiger partial charge in [0.25, 0.3) is 0 Å². The highest BCUT2D eigenvalue weighted by molar-refractivity contribution is 5.83. The molecule has 0 heterocycles. The zero-order valence-electron chi connectivity index (χ0n) is 12.9. The molecule has 1 N–H and O–H groups in total. The first kappa shape index (κ1) is 15.0. The average molecular weight is 271 g/mol. The predicted molar refractivity (Wildman–Crippen MR) is 85.8 cm³/mol. The summed E-state index contributed by atoms with van der Waals surface area (Å²) in [5, 5.41) is 12.8. The Morgan fingerprint density at radius 2 is 1.65 bits per heavy atom. The van der Waals surface area contributed by atoms with Gasteiger partial charge in [-0.25, -0.2) is 0 Å². The van der Waals surface area contributed by atoms with Gasteiger partial charge in [-0.2, -0.15) is 0 Å². The monoisotopic (exact) mass is 271 g/mol. The highest BCUT2D eigenvalue weighted by Gasteiger charge is 2.17. The summed E-state index contributed by atoms with van der Waals surface area (Å²) in [7, 11) is 2.08. The van der Waals surface area contributed by atoms with Crippen LogP contribution in [0.25, 0.3) is 10.8 Å². The van der Waals surface area contributed by atoms with Crippen molar-refractivity contribution in [2.75, 3.05) is 13.6 Å². The van der Waals surface area contributed by atoms with Crippen LogP contribution in [-0.4, -0.2) is 29.6 Å². The number of likely N-dealkylation sites (N-methyl/N-ethyl adjacent to an activating group) is 1. The number of benzene rings is 2. The van der Waals surface area contributed by atoms with Gasteiger partial charge in [0, 0.05) is 12.6 Å². The Morgan fingerprint density at radius 1 is 1.00 bits per heavy atom. The van der Waals surface area contributed by atoms with Crippen LogP contribution in [0.4, 0.5) is 0 Å². The highest BCUT2D eigenvalue weighted by Crippen LogP contribution is 2.22. The number of rotatable bonds is 5. The molecule has 2 nitrogen and oxygen atoms in total. The fraction of sp³-hybridized carbons (Fsp3) is 0.444. The van der Waals surface area contributed by atoms with Crippen LogP contribution >= 0.6 is 0 Å². The second-order valence-corrected chi connectivity index (χ2v) is 6.05. The van der Waals surface area contributed by atoms with Gasteiger partial charge in [-0.15, -0.1) is 0 Å². The van der Waals surface area contributed by atoms with Gasteiger partial charge in [-0.3, -0.25) is 0 Å². The smallest absolute Gasteiger partial charge is 0.0917 e. The lowest BCUT2D eigenvalue weighted by molar-refractivity contribution is 0.0956. The van der Waals surface area contributed by atoms with Crippen molar-refractivity contribution in [1.29, 1.82) is 0 Å². The van der Waals surface area contributed by atoms with E-state index in [1.807, 2.05) is 18.2 Å². The van der Waals surface area contributed by atoms with Crippen molar-refractivity contribution >= 4 is 10.8 Å². The lowest BCUT2D eigenvalue weighted by Gasteiger charge is -2.29. The zero-order chi connectivity index (χ0) is 14.7. The van der Waals surface area contributed by atoms with E-state index in [9.17, 15) is 5.11 Å². The zero-order valence-corrected chi connectivity index (χ0v) is 12.9. The first-order valence-electron chi connectivity index (χ1n) is 7.36. The molecule has 0 spiro atoms. The molecular formula is C18H25NO.